The number of sulfonamides is 1. The Morgan fingerprint density at radius 3 is 2.32 bits per heavy atom. The first-order valence-corrected chi connectivity index (χ1v) is 12.9. The van der Waals surface area contributed by atoms with Gasteiger partial charge in [-0.05, 0) is 66.6 Å². The van der Waals surface area contributed by atoms with Crippen LogP contribution in [0, 0.1) is 16.7 Å². The van der Waals surface area contributed by atoms with Gasteiger partial charge in [0.2, 0.25) is 10.0 Å². The normalized spacial score (nSPS) is 14.9. The molecule has 0 aromatic heterocycles. The Hall–Kier alpha value is -3.24. The molecule has 1 fully saturated rings. The van der Waals surface area contributed by atoms with Crippen LogP contribution in [-0.4, -0.2) is 66.3 Å². The number of hydrogen-bond acceptors (Lipinski definition) is 5. The van der Waals surface area contributed by atoms with Gasteiger partial charge in [-0.3, -0.25) is 10.8 Å². The van der Waals surface area contributed by atoms with Crippen LogP contribution in [0.5, 0.6) is 0 Å². The molecule has 34 heavy (non-hydrogen) atoms. The van der Waals surface area contributed by atoms with Crippen molar-refractivity contribution in [2.24, 2.45) is 11.7 Å². The molecular formula is C24H31N5O4S. The lowest BCUT2D eigenvalue weighted by atomic mass is 9.96. The summed E-state index contributed by atoms with van der Waals surface area (Å²) in [6.07, 6.45) is 2.75. The van der Waals surface area contributed by atoms with Crippen LogP contribution in [0.15, 0.2) is 42.5 Å². The maximum Gasteiger partial charge on any atom is 0.335 e. The molecule has 9 nitrogen and oxygen atoms in total. The molecule has 0 amide bonds. The average Bonchev–Trinajstić information content (AvgIpc) is 2.78. The molecule has 0 unspecified atom stereocenters. The number of rotatable bonds is 8. The number of piperidine rings is 1. The fourth-order valence-electron chi connectivity index (χ4n) is 4.20. The van der Waals surface area contributed by atoms with E-state index in [1.807, 2.05) is 4.90 Å². The summed E-state index contributed by atoms with van der Waals surface area (Å²) >= 11 is 0. The highest BCUT2D eigenvalue weighted by atomic mass is 32.2. The molecule has 2 aromatic rings. The van der Waals surface area contributed by atoms with Crippen LogP contribution in [-0.2, 0) is 16.6 Å². The maximum absolute atomic E-state index is 12.6. The van der Waals surface area contributed by atoms with Gasteiger partial charge in [-0.15, -0.1) is 0 Å². The fourth-order valence-corrected chi connectivity index (χ4v) is 5.06. The zero-order valence-corrected chi connectivity index (χ0v) is 20.2. The number of nitrogens with two attached hydrogens (primary N) is 1. The molecule has 0 saturated carbocycles. The third kappa shape index (κ3) is 6.42. The van der Waals surface area contributed by atoms with Gasteiger partial charge in [0.15, 0.2) is 0 Å². The summed E-state index contributed by atoms with van der Waals surface area (Å²) in [5.41, 5.74) is 8.05. The van der Waals surface area contributed by atoms with Crippen molar-refractivity contribution in [3.05, 3.63) is 59.2 Å². The molecule has 182 valence electrons. The van der Waals surface area contributed by atoms with E-state index in [4.69, 9.17) is 16.6 Å². The Morgan fingerprint density at radius 2 is 1.76 bits per heavy atom. The number of aromatic carboxylic acids is 1. The molecular weight excluding hydrogens is 454 g/mol. The minimum Gasteiger partial charge on any atom is -0.478 e. The van der Waals surface area contributed by atoms with Crippen molar-refractivity contribution in [1.82, 2.24) is 9.21 Å². The lowest BCUT2D eigenvalue weighted by molar-refractivity contribution is 0.0696. The van der Waals surface area contributed by atoms with Crippen molar-refractivity contribution in [3.8, 4) is 11.1 Å². The van der Waals surface area contributed by atoms with Crippen LogP contribution >= 0.6 is 0 Å². The molecule has 1 heterocycles. The zero-order valence-electron chi connectivity index (χ0n) is 19.4. The largest absolute Gasteiger partial charge is 0.478 e. The third-order valence-electron chi connectivity index (χ3n) is 6.13. The van der Waals surface area contributed by atoms with E-state index in [1.165, 1.54) is 22.7 Å². The van der Waals surface area contributed by atoms with Gasteiger partial charge in [0, 0.05) is 31.7 Å². The highest BCUT2D eigenvalue weighted by Crippen LogP contribution is 2.26. The highest BCUT2D eigenvalue weighted by molar-refractivity contribution is 7.88. The van der Waals surface area contributed by atoms with Crippen molar-refractivity contribution in [1.29, 1.82) is 10.8 Å². The second-order valence-corrected chi connectivity index (χ2v) is 10.8. The molecule has 0 atom stereocenters. The second kappa shape index (κ2) is 10.4. The summed E-state index contributed by atoms with van der Waals surface area (Å²) in [6.45, 7) is 3.60. The predicted molar refractivity (Wildman–Crippen MR) is 133 cm³/mol. The Labute approximate surface area is 200 Å². The Balaban J connectivity index is 1.89. The number of benzene rings is 2. The van der Waals surface area contributed by atoms with Crippen molar-refractivity contribution < 1.29 is 18.3 Å². The van der Waals surface area contributed by atoms with Gasteiger partial charge in [0.05, 0.1) is 17.7 Å². The molecule has 0 spiro atoms. The van der Waals surface area contributed by atoms with Gasteiger partial charge < -0.3 is 15.7 Å². The first kappa shape index (κ1) is 25.4. The smallest absolute Gasteiger partial charge is 0.335 e. The van der Waals surface area contributed by atoms with Gasteiger partial charge in [0.1, 0.15) is 5.84 Å². The fraction of sp³-hybridized carbons (Fsp3) is 0.375. The van der Waals surface area contributed by atoms with E-state index in [0.29, 0.717) is 34.6 Å². The maximum atomic E-state index is 12.6. The first-order valence-electron chi connectivity index (χ1n) is 11.0. The highest BCUT2D eigenvalue weighted by Gasteiger charge is 2.26. The molecule has 3 rings (SSSR count). The number of nitrogen functional groups attached to an aromatic ring is 1. The summed E-state index contributed by atoms with van der Waals surface area (Å²) in [5.74, 6) is -0.514. The molecule has 0 aliphatic carbocycles. The standard InChI is InChI=1S/C24H31N5O4S/c1-16(25)28-8-6-17(7-9-28)14-29(34(2,32)33)15-18-10-21(13-22(11-18)24(30)31)19-4-3-5-20(12-19)23(26)27/h3-5,10-13,17,25H,6-9,14-15H2,1-2H3,(H3,26,27)(H,30,31). The minimum absolute atomic E-state index is 0.0587. The van der Waals surface area contributed by atoms with Gasteiger partial charge in [-0.2, -0.15) is 4.31 Å². The number of carboxylic acid groups (broad SMARTS) is 1. The Kier molecular flexibility index (Phi) is 7.73. The Morgan fingerprint density at radius 1 is 1.12 bits per heavy atom. The van der Waals surface area contributed by atoms with E-state index >= 15 is 0 Å². The monoisotopic (exact) mass is 485 g/mol. The summed E-state index contributed by atoms with van der Waals surface area (Å²) in [6, 6.07) is 11.8. The summed E-state index contributed by atoms with van der Waals surface area (Å²) < 4.78 is 26.6. The van der Waals surface area contributed by atoms with Crippen LogP contribution in [0.1, 0.15) is 41.3 Å². The van der Waals surface area contributed by atoms with Crippen molar-refractivity contribution in [2.75, 3.05) is 25.9 Å². The molecule has 1 aliphatic heterocycles. The van der Waals surface area contributed by atoms with Crippen LogP contribution < -0.4 is 5.73 Å². The summed E-state index contributed by atoms with van der Waals surface area (Å²) in [7, 11) is -3.54. The van der Waals surface area contributed by atoms with E-state index in [-0.39, 0.29) is 23.9 Å². The molecule has 1 aliphatic rings. The lowest BCUT2D eigenvalue weighted by Gasteiger charge is -2.34. The zero-order chi connectivity index (χ0) is 25.0. The number of amidine groups is 2. The number of carbonyl (C=O) groups is 1. The average molecular weight is 486 g/mol. The van der Waals surface area contributed by atoms with Crippen LogP contribution in [0.4, 0.5) is 0 Å². The van der Waals surface area contributed by atoms with Gasteiger partial charge >= 0.3 is 5.97 Å². The third-order valence-corrected chi connectivity index (χ3v) is 7.34. The number of nitrogens with one attached hydrogen (secondary N) is 2. The number of carboxylic acids is 1. The van der Waals surface area contributed by atoms with Gasteiger partial charge in [-0.25, -0.2) is 13.2 Å². The summed E-state index contributed by atoms with van der Waals surface area (Å²) in [5, 5.41) is 25.1. The van der Waals surface area contributed by atoms with Crippen LogP contribution in [0.3, 0.4) is 0 Å². The second-order valence-electron chi connectivity index (χ2n) is 8.79. The minimum atomic E-state index is -3.54. The molecule has 10 heteroatoms. The Bertz CT molecular complexity index is 1200. The summed E-state index contributed by atoms with van der Waals surface area (Å²) in [4.78, 5) is 13.8. The van der Waals surface area contributed by atoms with E-state index in [0.717, 1.165) is 25.9 Å². The molecule has 0 radical (unpaired) electrons. The quantitative estimate of drug-likeness (QED) is 0.333. The lowest BCUT2D eigenvalue weighted by Crippen LogP contribution is -2.41. The predicted octanol–water partition coefficient (Wildman–Crippen LogP) is 2.81. The molecule has 2 aromatic carbocycles. The SMILES string of the molecule is CC(=N)N1CCC(CN(Cc2cc(C(=O)O)cc(-c3cccc(C(=N)N)c3)c2)S(C)(=O)=O)CC1. The number of hydrogen-bond donors (Lipinski definition) is 4. The van der Waals surface area contributed by atoms with E-state index in [1.54, 1.807) is 37.3 Å². The number of nitrogens with zero attached hydrogens (tertiary/aromatic N) is 2. The van der Waals surface area contributed by atoms with Gasteiger partial charge in [-0.1, -0.05) is 18.2 Å². The van der Waals surface area contributed by atoms with E-state index in [2.05, 4.69) is 0 Å². The molecule has 5 N–H and O–H groups in total. The molecule has 1 saturated heterocycles. The van der Waals surface area contributed by atoms with Crippen LogP contribution in [0.2, 0.25) is 0 Å². The number of likely N-dealkylation sites (tertiary alicyclic amines) is 1. The van der Waals surface area contributed by atoms with Crippen LogP contribution in [0.25, 0.3) is 11.1 Å². The van der Waals surface area contributed by atoms with Gasteiger partial charge in [0.25, 0.3) is 0 Å². The first-order chi connectivity index (χ1) is 15.9. The van der Waals surface area contributed by atoms with Crippen molar-refractivity contribution in [3.63, 3.8) is 0 Å². The van der Waals surface area contributed by atoms with E-state index in [9.17, 15) is 18.3 Å². The van der Waals surface area contributed by atoms with Crippen molar-refractivity contribution >= 4 is 27.7 Å². The topological polar surface area (TPSA) is 152 Å². The van der Waals surface area contributed by atoms with E-state index < -0.39 is 16.0 Å². The molecule has 0 bridgehead atoms. The van der Waals surface area contributed by atoms with Crippen molar-refractivity contribution in [2.45, 2.75) is 26.3 Å².